The fraction of sp³-hybridized carbons (Fsp3) is 0.222. The van der Waals surface area contributed by atoms with Crippen LogP contribution in [0.2, 0.25) is 0 Å². The van der Waals surface area contributed by atoms with Crippen molar-refractivity contribution in [1.82, 2.24) is 0 Å². The predicted molar refractivity (Wildman–Crippen MR) is 86.8 cm³/mol. The van der Waals surface area contributed by atoms with Gasteiger partial charge in [0.1, 0.15) is 17.2 Å². The van der Waals surface area contributed by atoms with Gasteiger partial charge in [-0.25, -0.2) is 9.59 Å². The summed E-state index contributed by atoms with van der Waals surface area (Å²) in [6.45, 7) is 3.70. The molecule has 0 bridgehead atoms. The Balaban J connectivity index is 2.05. The molecule has 0 aliphatic heterocycles. The smallest absolute Gasteiger partial charge is 0.344 e. The Hall–Kier alpha value is -3.02. The second kappa shape index (κ2) is 8.01. The number of ether oxygens (including phenoxy) is 3. The van der Waals surface area contributed by atoms with E-state index in [0.717, 1.165) is 5.56 Å². The van der Waals surface area contributed by atoms with Crippen LogP contribution in [0.25, 0.3) is 0 Å². The van der Waals surface area contributed by atoms with Gasteiger partial charge in [0.25, 0.3) is 0 Å². The number of benzene rings is 2. The number of carbonyl (C=O) groups excluding carboxylic acids is 1. The van der Waals surface area contributed by atoms with Crippen LogP contribution < -0.4 is 9.47 Å². The van der Waals surface area contributed by atoms with Crippen molar-refractivity contribution in [2.75, 3.05) is 13.2 Å². The van der Waals surface area contributed by atoms with Crippen LogP contribution in [0, 0.1) is 6.92 Å². The van der Waals surface area contributed by atoms with Crippen LogP contribution in [0.1, 0.15) is 22.8 Å². The summed E-state index contributed by atoms with van der Waals surface area (Å²) in [5, 5.41) is 8.99. The van der Waals surface area contributed by atoms with Gasteiger partial charge in [-0.15, -0.1) is 0 Å². The third-order valence-electron chi connectivity index (χ3n) is 3.11. The first-order valence-electron chi connectivity index (χ1n) is 7.40. The molecular formula is C18H18O6. The average Bonchev–Trinajstić information content (AvgIpc) is 2.54. The number of esters is 1. The van der Waals surface area contributed by atoms with E-state index in [9.17, 15) is 9.59 Å². The minimum absolute atomic E-state index is 0.151. The van der Waals surface area contributed by atoms with Crippen LogP contribution in [-0.2, 0) is 9.53 Å². The zero-order valence-corrected chi connectivity index (χ0v) is 13.4. The lowest BCUT2D eigenvalue weighted by atomic mass is 10.2. The van der Waals surface area contributed by atoms with Crippen LogP contribution in [-0.4, -0.2) is 30.3 Å². The summed E-state index contributed by atoms with van der Waals surface area (Å²) in [4.78, 5) is 22.3. The first kappa shape index (κ1) is 17.3. The number of hydrogen-bond donors (Lipinski definition) is 1. The Kier molecular flexibility index (Phi) is 5.78. The van der Waals surface area contributed by atoms with Gasteiger partial charge >= 0.3 is 11.9 Å². The van der Waals surface area contributed by atoms with Gasteiger partial charge in [0.15, 0.2) is 6.61 Å². The number of rotatable bonds is 7. The Bertz CT molecular complexity index is 738. The molecule has 0 spiro atoms. The Morgan fingerprint density at radius 1 is 1.08 bits per heavy atom. The molecule has 2 rings (SSSR count). The Labute approximate surface area is 139 Å². The molecular weight excluding hydrogens is 312 g/mol. The van der Waals surface area contributed by atoms with E-state index in [0.29, 0.717) is 23.9 Å². The summed E-state index contributed by atoms with van der Waals surface area (Å²) in [7, 11) is 0. The molecule has 0 amide bonds. The van der Waals surface area contributed by atoms with E-state index in [4.69, 9.17) is 19.3 Å². The Morgan fingerprint density at radius 3 is 2.50 bits per heavy atom. The number of aryl methyl sites for hydroxylation is 1. The van der Waals surface area contributed by atoms with Gasteiger partial charge in [-0.1, -0.05) is 6.07 Å². The van der Waals surface area contributed by atoms with Crippen LogP contribution in [0.15, 0.2) is 42.5 Å². The topological polar surface area (TPSA) is 82.1 Å². The number of carboxylic acid groups (broad SMARTS) is 1. The third kappa shape index (κ3) is 4.74. The molecule has 6 nitrogen and oxygen atoms in total. The van der Waals surface area contributed by atoms with E-state index in [1.54, 1.807) is 37.3 Å². The second-order valence-corrected chi connectivity index (χ2v) is 4.96. The summed E-state index contributed by atoms with van der Waals surface area (Å²) >= 11 is 0. The van der Waals surface area contributed by atoms with Crippen molar-refractivity contribution in [3.63, 3.8) is 0 Å². The molecule has 24 heavy (non-hydrogen) atoms. The molecule has 0 heterocycles. The molecule has 2 aromatic rings. The van der Waals surface area contributed by atoms with Crippen LogP contribution in [0.3, 0.4) is 0 Å². The molecule has 0 radical (unpaired) electrons. The van der Waals surface area contributed by atoms with E-state index in [-0.39, 0.29) is 12.2 Å². The van der Waals surface area contributed by atoms with Gasteiger partial charge in [-0.05, 0) is 55.8 Å². The van der Waals surface area contributed by atoms with Gasteiger partial charge in [0.2, 0.25) is 0 Å². The summed E-state index contributed by atoms with van der Waals surface area (Å²) in [5.41, 5.74) is 0.935. The molecule has 6 heteroatoms. The zero-order chi connectivity index (χ0) is 17.5. The lowest BCUT2D eigenvalue weighted by Crippen LogP contribution is -2.14. The van der Waals surface area contributed by atoms with Gasteiger partial charge in [0.05, 0.1) is 12.2 Å². The van der Waals surface area contributed by atoms with E-state index in [1.807, 2.05) is 6.92 Å². The quantitative estimate of drug-likeness (QED) is 0.783. The fourth-order valence-electron chi connectivity index (χ4n) is 2.02. The Morgan fingerprint density at radius 2 is 1.83 bits per heavy atom. The van der Waals surface area contributed by atoms with Crippen molar-refractivity contribution in [2.24, 2.45) is 0 Å². The lowest BCUT2D eigenvalue weighted by molar-refractivity contribution is -0.145. The highest BCUT2D eigenvalue weighted by molar-refractivity contribution is 5.88. The normalized spacial score (nSPS) is 10.1. The summed E-state index contributed by atoms with van der Waals surface area (Å²) < 4.78 is 15.9. The maximum absolute atomic E-state index is 11.3. The molecule has 0 saturated heterocycles. The van der Waals surface area contributed by atoms with E-state index in [1.165, 1.54) is 12.1 Å². The molecule has 0 unspecified atom stereocenters. The number of aromatic carboxylic acids is 1. The average molecular weight is 330 g/mol. The molecule has 0 saturated carbocycles. The van der Waals surface area contributed by atoms with Gasteiger partial charge in [-0.2, -0.15) is 0 Å². The zero-order valence-electron chi connectivity index (χ0n) is 13.4. The van der Waals surface area contributed by atoms with Gasteiger partial charge in [-0.3, -0.25) is 0 Å². The first-order valence-corrected chi connectivity index (χ1v) is 7.40. The molecule has 0 aliphatic rings. The van der Waals surface area contributed by atoms with Crippen molar-refractivity contribution in [3.05, 3.63) is 53.6 Å². The van der Waals surface area contributed by atoms with Crippen molar-refractivity contribution in [2.45, 2.75) is 13.8 Å². The molecule has 0 atom stereocenters. The van der Waals surface area contributed by atoms with Gasteiger partial charge < -0.3 is 19.3 Å². The molecule has 0 aliphatic carbocycles. The number of carboxylic acids is 1. The highest BCUT2D eigenvalue weighted by Crippen LogP contribution is 2.27. The summed E-state index contributed by atoms with van der Waals surface area (Å²) in [6, 6.07) is 11.3. The standard InChI is InChI=1S/C18H18O6/c1-3-22-17(19)11-23-16-8-7-15(9-12(16)2)24-14-6-4-5-13(10-14)18(20)21/h4-10H,3,11H2,1-2H3,(H,20,21). The molecule has 0 fully saturated rings. The predicted octanol–water partition coefficient (Wildman–Crippen LogP) is 3.43. The fourth-order valence-corrected chi connectivity index (χ4v) is 2.02. The van der Waals surface area contributed by atoms with Crippen molar-refractivity contribution < 1.29 is 28.9 Å². The number of carbonyl (C=O) groups is 2. The minimum Gasteiger partial charge on any atom is -0.482 e. The molecule has 1 N–H and O–H groups in total. The lowest BCUT2D eigenvalue weighted by Gasteiger charge is -2.11. The van der Waals surface area contributed by atoms with E-state index < -0.39 is 11.9 Å². The monoisotopic (exact) mass is 330 g/mol. The highest BCUT2D eigenvalue weighted by atomic mass is 16.6. The van der Waals surface area contributed by atoms with Crippen LogP contribution in [0.5, 0.6) is 17.2 Å². The molecule has 126 valence electrons. The minimum atomic E-state index is -1.01. The van der Waals surface area contributed by atoms with Crippen molar-refractivity contribution in [1.29, 1.82) is 0 Å². The van der Waals surface area contributed by atoms with E-state index in [2.05, 4.69) is 0 Å². The largest absolute Gasteiger partial charge is 0.482 e. The second-order valence-electron chi connectivity index (χ2n) is 4.96. The van der Waals surface area contributed by atoms with Crippen LogP contribution >= 0.6 is 0 Å². The third-order valence-corrected chi connectivity index (χ3v) is 3.11. The highest BCUT2D eigenvalue weighted by Gasteiger charge is 2.08. The maximum Gasteiger partial charge on any atom is 0.344 e. The SMILES string of the molecule is CCOC(=O)COc1ccc(Oc2cccc(C(=O)O)c2)cc1C. The molecule has 2 aromatic carbocycles. The molecule has 0 aromatic heterocycles. The van der Waals surface area contributed by atoms with E-state index >= 15 is 0 Å². The summed E-state index contributed by atoms with van der Waals surface area (Å²) in [5.74, 6) is 0.0739. The van der Waals surface area contributed by atoms with Crippen LogP contribution in [0.4, 0.5) is 0 Å². The number of hydrogen-bond acceptors (Lipinski definition) is 5. The van der Waals surface area contributed by atoms with Crippen molar-refractivity contribution in [3.8, 4) is 17.2 Å². The maximum atomic E-state index is 11.3. The van der Waals surface area contributed by atoms with Crippen molar-refractivity contribution >= 4 is 11.9 Å². The first-order chi connectivity index (χ1) is 11.5. The van der Waals surface area contributed by atoms with Gasteiger partial charge in [0, 0.05) is 0 Å². The summed E-state index contributed by atoms with van der Waals surface area (Å²) in [6.07, 6.45) is 0.